The molecule has 2 aliphatic carbocycles. The molecule has 35 heavy (non-hydrogen) atoms. The first kappa shape index (κ1) is 23.5. The lowest BCUT2D eigenvalue weighted by Crippen LogP contribution is -2.56. The Morgan fingerprint density at radius 1 is 0.943 bits per heavy atom. The average Bonchev–Trinajstić information content (AvgIpc) is 3.83. The van der Waals surface area contributed by atoms with Crippen molar-refractivity contribution in [2.24, 2.45) is 17.8 Å². The number of nitrogens with zero attached hydrogens (tertiary/aromatic N) is 5. The van der Waals surface area contributed by atoms with Crippen LogP contribution in [0.1, 0.15) is 88.4 Å². The lowest BCUT2D eigenvalue weighted by Gasteiger charge is -2.51. The highest BCUT2D eigenvalue weighted by Crippen LogP contribution is 2.43. The SMILES string of the molecule is CCC(CC)c1cc(C2CN3CCC2CC3CN(CC2CC2)CC2CC2)nc(-c2ccncc2)n1. The van der Waals surface area contributed by atoms with E-state index in [2.05, 4.69) is 46.8 Å². The summed E-state index contributed by atoms with van der Waals surface area (Å²) in [5.41, 5.74) is 3.61. The van der Waals surface area contributed by atoms with Crippen molar-refractivity contribution in [2.45, 2.75) is 83.1 Å². The van der Waals surface area contributed by atoms with E-state index in [-0.39, 0.29) is 0 Å². The van der Waals surface area contributed by atoms with Gasteiger partial charge in [-0.1, -0.05) is 13.8 Å². The van der Waals surface area contributed by atoms with Crippen LogP contribution < -0.4 is 0 Å². The van der Waals surface area contributed by atoms with Crippen molar-refractivity contribution in [3.05, 3.63) is 42.0 Å². The van der Waals surface area contributed by atoms with Gasteiger partial charge in [-0.05, 0) is 93.9 Å². The highest BCUT2D eigenvalue weighted by molar-refractivity contribution is 5.54. The van der Waals surface area contributed by atoms with Gasteiger partial charge in [-0.15, -0.1) is 0 Å². The van der Waals surface area contributed by atoms with Crippen LogP contribution in [0, 0.1) is 17.8 Å². The maximum atomic E-state index is 5.20. The van der Waals surface area contributed by atoms with E-state index in [4.69, 9.17) is 9.97 Å². The third-order valence-electron chi connectivity index (χ3n) is 9.26. The van der Waals surface area contributed by atoms with Gasteiger partial charge in [0.1, 0.15) is 0 Å². The molecular weight excluding hydrogens is 430 g/mol. The summed E-state index contributed by atoms with van der Waals surface area (Å²) < 4.78 is 0. The van der Waals surface area contributed by atoms with Crippen molar-refractivity contribution >= 4 is 0 Å². The van der Waals surface area contributed by atoms with Crippen molar-refractivity contribution in [1.82, 2.24) is 24.8 Å². The second-order valence-corrected chi connectivity index (χ2v) is 11.9. The Morgan fingerprint density at radius 2 is 1.66 bits per heavy atom. The molecule has 0 N–H and O–H groups in total. The zero-order valence-electron chi connectivity index (χ0n) is 21.8. The van der Waals surface area contributed by atoms with Crippen LogP contribution in [-0.4, -0.2) is 63.5 Å². The lowest BCUT2D eigenvalue weighted by atomic mass is 9.73. The summed E-state index contributed by atoms with van der Waals surface area (Å²) in [7, 11) is 0. The van der Waals surface area contributed by atoms with E-state index >= 15 is 0 Å². The van der Waals surface area contributed by atoms with Gasteiger partial charge in [-0.2, -0.15) is 0 Å². The Balaban J connectivity index is 1.22. The summed E-state index contributed by atoms with van der Waals surface area (Å²) in [6.45, 7) is 11.0. The molecule has 2 aromatic rings. The maximum absolute atomic E-state index is 5.20. The largest absolute Gasteiger partial charge is 0.301 e. The van der Waals surface area contributed by atoms with Crippen molar-refractivity contribution in [3.63, 3.8) is 0 Å². The Labute approximate surface area is 211 Å². The molecule has 2 aromatic heterocycles. The summed E-state index contributed by atoms with van der Waals surface area (Å²) in [4.78, 5) is 20.2. The van der Waals surface area contributed by atoms with Gasteiger partial charge in [-0.25, -0.2) is 9.97 Å². The second-order valence-electron chi connectivity index (χ2n) is 11.9. The molecule has 0 aromatic carbocycles. The molecule has 7 rings (SSSR count). The van der Waals surface area contributed by atoms with Crippen molar-refractivity contribution in [3.8, 4) is 11.4 Å². The molecule has 3 saturated heterocycles. The zero-order chi connectivity index (χ0) is 23.8. The van der Waals surface area contributed by atoms with Gasteiger partial charge in [0.2, 0.25) is 0 Å². The van der Waals surface area contributed by atoms with Gasteiger partial charge in [0.05, 0.1) is 0 Å². The Morgan fingerprint density at radius 3 is 2.26 bits per heavy atom. The van der Waals surface area contributed by atoms with E-state index < -0.39 is 0 Å². The number of fused-ring (bicyclic) bond motifs is 3. The van der Waals surface area contributed by atoms with Crippen LogP contribution in [-0.2, 0) is 0 Å². The number of hydrogen-bond donors (Lipinski definition) is 0. The number of rotatable bonds is 11. The fraction of sp³-hybridized carbons (Fsp3) is 0.700. The van der Waals surface area contributed by atoms with Gasteiger partial charge in [0, 0.05) is 73.4 Å². The molecule has 5 nitrogen and oxygen atoms in total. The summed E-state index contributed by atoms with van der Waals surface area (Å²) in [6.07, 6.45) is 14.5. The van der Waals surface area contributed by atoms with Crippen molar-refractivity contribution < 1.29 is 0 Å². The number of hydrogen-bond acceptors (Lipinski definition) is 5. The zero-order valence-corrected chi connectivity index (χ0v) is 21.8. The molecular formula is C30H43N5. The first-order valence-electron chi connectivity index (χ1n) is 14.5. The van der Waals surface area contributed by atoms with Crippen LogP contribution in [0.3, 0.4) is 0 Å². The highest BCUT2D eigenvalue weighted by Gasteiger charge is 2.43. The Kier molecular flexibility index (Phi) is 6.90. The Bertz CT molecular complexity index is 967. The van der Waals surface area contributed by atoms with Crippen LogP contribution in [0.4, 0.5) is 0 Å². The molecule has 5 heteroatoms. The summed E-state index contributed by atoms with van der Waals surface area (Å²) >= 11 is 0. The Hall–Kier alpha value is -1.85. The second kappa shape index (κ2) is 10.3. The minimum Gasteiger partial charge on any atom is -0.301 e. The number of pyridine rings is 1. The standard InChI is InChI=1S/C30H43N5/c1-3-23(4-2)28-16-29(33-30(32-28)24-9-12-31-13-10-24)27-20-35-14-11-25(27)15-26(35)19-34(17-21-5-6-21)18-22-7-8-22/h9-10,12-13,16,21-23,25-27H,3-8,11,14-15,17-20H2,1-2H3. The van der Waals surface area contributed by atoms with Gasteiger partial charge in [0.25, 0.3) is 0 Å². The van der Waals surface area contributed by atoms with Crippen molar-refractivity contribution in [2.75, 3.05) is 32.7 Å². The molecule has 5 aliphatic rings. The van der Waals surface area contributed by atoms with Gasteiger partial charge < -0.3 is 4.90 Å². The molecule has 0 spiro atoms. The van der Waals surface area contributed by atoms with E-state index in [1.165, 1.54) is 82.6 Å². The number of aromatic nitrogens is 3. The number of piperidine rings is 3. The van der Waals surface area contributed by atoms with Crippen molar-refractivity contribution in [1.29, 1.82) is 0 Å². The third-order valence-corrected chi connectivity index (χ3v) is 9.26. The first-order chi connectivity index (χ1) is 17.2. The van der Waals surface area contributed by atoms with Gasteiger partial charge in [-0.3, -0.25) is 9.88 Å². The predicted molar refractivity (Wildman–Crippen MR) is 141 cm³/mol. The first-order valence-corrected chi connectivity index (χ1v) is 14.5. The molecule has 188 valence electrons. The highest BCUT2D eigenvalue weighted by atomic mass is 15.2. The van der Waals surface area contributed by atoms with Crippen LogP contribution in [0.5, 0.6) is 0 Å². The summed E-state index contributed by atoms with van der Waals surface area (Å²) in [5, 5.41) is 0. The predicted octanol–water partition coefficient (Wildman–Crippen LogP) is 5.74. The van der Waals surface area contributed by atoms with Crippen LogP contribution in [0.25, 0.3) is 11.4 Å². The monoisotopic (exact) mass is 473 g/mol. The van der Waals surface area contributed by atoms with Gasteiger partial charge >= 0.3 is 0 Å². The topological polar surface area (TPSA) is 45.2 Å². The van der Waals surface area contributed by atoms with E-state index in [0.717, 1.165) is 48.0 Å². The molecule has 2 saturated carbocycles. The quantitative estimate of drug-likeness (QED) is 0.416. The average molecular weight is 474 g/mol. The molecule has 5 heterocycles. The van der Waals surface area contributed by atoms with E-state index in [1.807, 2.05) is 12.4 Å². The molecule has 0 radical (unpaired) electrons. The molecule has 4 atom stereocenters. The molecule has 3 aliphatic heterocycles. The van der Waals surface area contributed by atoms with Crippen LogP contribution in [0.2, 0.25) is 0 Å². The van der Waals surface area contributed by atoms with E-state index in [0.29, 0.717) is 11.8 Å². The normalized spacial score (nSPS) is 28.2. The third kappa shape index (κ3) is 5.46. The van der Waals surface area contributed by atoms with Crippen LogP contribution in [0.15, 0.2) is 30.6 Å². The fourth-order valence-corrected chi connectivity index (χ4v) is 6.74. The minimum atomic E-state index is 0.504. The van der Waals surface area contributed by atoms with E-state index in [1.54, 1.807) is 0 Å². The van der Waals surface area contributed by atoms with Gasteiger partial charge in [0.15, 0.2) is 5.82 Å². The molecule has 2 bridgehead atoms. The summed E-state index contributed by atoms with van der Waals surface area (Å²) in [5.74, 6) is 4.67. The van der Waals surface area contributed by atoms with Crippen LogP contribution >= 0.6 is 0 Å². The molecule has 4 unspecified atom stereocenters. The lowest BCUT2D eigenvalue weighted by molar-refractivity contribution is 0.00973. The fourth-order valence-electron chi connectivity index (χ4n) is 6.74. The minimum absolute atomic E-state index is 0.504. The molecule has 5 fully saturated rings. The smallest absolute Gasteiger partial charge is 0.159 e. The maximum Gasteiger partial charge on any atom is 0.159 e. The van der Waals surface area contributed by atoms with E-state index in [9.17, 15) is 0 Å². The molecule has 0 amide bonds. The summed E-state index contributed by atoms with van der Waals surface area (Å²) in [6, 6.07) is 7.21.